The van der Waals surface area contributed by atoms with E-state index in [9.17, 15) is 9.90 Å². The van der Waals surface area contributed by atoms with Crippen molar-refractivity contribution in [2.24, 2.45) is 16.5 Å². The second-order valence-corrected chi connectivity index (χ2v) is 3.78. The van der Waals surface area contributed by atoms with E-state index in [1.165, 1.54) is 31.4 Å². The number of nitrogens with one attached hydrogen (secondary N) is 1. The van der Waals surface area contributed by atoms with Crippen molar-refractivity contribution in [3.05, 3.63) is 29.8 Å². The number of rotatable bonds is 8. The molecule has 22 heavy (non-hydrogen) atoms. The number of phenols is 1. The predicted octanol–water partition coefficient (Wildman–Crippen LogP) is 0.584. The molecule has 6 N–H and O–H groups in total. The first kappa shape index (κ1) is 8.67. The van der Waals surface area contributed by atoms with Crippen molar-refractivity contribution in [2.45, 2.75) is 12.7 Å². The summed E-state index contributed by atoms with van der Waals surface area (Å²) in [6.07, 6.45) is -5.13. The highest BCUT2D eigenvalue weighted by molar-refractivity contribution is 5.91. The van der Waals surface area contributed by atoms with Crippen LogP contribution in [0.3, 0.4) is 0 Å². The summed E-state index contributed by atoms with van der Waals surface area (Å²) in [4.78, 5) is 15.1. The van der Waals surface area contributed by atoms with Crippen LogP contribution in [0.5, 0.6) is 11.5 Å². The summed E-state index contributed by atoms with van der Waals surface area (Å²) in [6, 6.07) is 4.11. The lowest BCUT2D eigenvalue weighted by atomic mass is 10.2. The fourth-order valence-corrected chi connectivity index (χ4v) is 1.26. The number of nitrogens with zero attached hydrogens (tertiary/aromatic N) is 1. The zero-order valence-corrected chi connectivity index (χ0v) is 11.8. The maximum absolute atomic E-state index is 12.1. The van der Waals surface area contributed by atoms with E-state index < -0.39 is 37.6 Å². The fourth-order valence-electron chi connectivity index (χ4n) is 1.26. The van der Waals surface area contributed by atoms with E-state index in [4.69, 9.17) is 27.2 Å². The molecule has 120 valence electrons. The third-order valence-electron chi connectivity index (χ3n) is 2.18. The highest BCUT2D eigenvalue weighted by Crippen LogP contribution is 2.26. The smallest absolute Gasteiger partial charge is 0.243 e. The van der Waals surface area contributed by atoms with Crippen LogP contribution in [0, 0.1) is 0 Å². The molecule has 1 aromatic rings. The molecule has 0 aliphatic rings. The number of benzene rings is 1. The topological polar surface area (TPSA) is 123 Å². The number of carbonyl (C=O) groups excluding carboxylic acids is 1. The number of aliphatic imine (C=N–C) groups is 1. The minimum Gasteiger partial charge on any atom is -0.504 e. The van der Waals surface area contributed by atoms with Gasteiger partial charge in [0, 0.05) is 27.3 Å². The molecule has 7 heteroatoms. The number of aromatic hydroxyl groups is 1. The number of nitrogens with two attached hydrogens (primary N) is 2. The molecule has 0 aliphatic carbocycles. The number of amides is 1. The summed E-state index contributed by atoms with van der Waals surface area (Å²) in [6.45, 7) is -6.71. The van der Waals surface area contributed by atoms with Crippen molar-refractivity contribution in [3.8, 4) is 11.5 Å². The molecule has 1 amide bonds. The Balaban J connectivity index is 3.10. The van der Waals surface area contributed by atoms with Gasteiger partial charge in [0.15, 0.2) is 17.5 Å². The van der Waals surface area contributed by atoms with Gasteiger partial charge in [-0.25, -0.2) is 0 Å². The quantitative estimate of drug-likeness (QED) is 0.317. The molecule has 0 fully saturated rings. The zero-order chi connectivity index (χ0) is 23.5. The highest BCUT2D eigenvalue weighted by Gasteiger charge is 2.01. The maximum atomic E-state index is 12.1. The molecule has 0 radical (unpaired) electrons. The highest BCUT2D eigenvalue weighted by atomic mass is 16.5. The molecule has 0 spiro atoms. The van der Waals surface area contributed by atoms with Gasteiger partial charge in [-0.2, -0.15) is 0 Å². The standard InChI is InChI=1S/C15H22N4O3/c1-22-13-10-11(4-6-12(13)20)5-7-14(21)18-8-2-3-9-19-15(16)17/h4-7,10,20H,2-3,8-9H2,1H3,(H,18,21)(H4,16,17,19)/b7-5+/i2D2,3D2,8D2,9D2. The summed E-state index contributed by atoms with van der Waals surface area (Å²) < 4.78 is 67.0. The van der Waals surface area contributed by atoms with Crippen molar-refractivity contribution < 1.29 is 25.6 Å². The summed E-state index contributed by atoms with van der Waals surface area (Å²) in [7, 11) is 1.32. The SMILES string of the molecule is [2H]C([2H])(N=C(N)N)C([2H])([2H])C([2H])([2H])C([2H])([2H])NC(=O)/C=C/c1ccc(O)c(OC)c1. The van der Waals surface area contributed by atoms with E-state index in [1.54, 1.807) is 5.32 Å². The minimum atomic E-state index is -3.60. The molecule has 1 aromatic carbocycles. The average molecular weight is 314 g/mol. The first-order chi connectivity index (χ1) is 13.5. The Morgan fingerprint density at radius 3 is 2.95 bits per heavy atom. The molecular weight excluding hydrogens is 284 g/mol. The van der Waals surface area contributed by atoms with E-state index in [-0.39, 0.29) is 11.5 Å². The fraction of sp³-hybridized carbons (Fsp3) is 0.333. The molecule has 7 nitrogen and oxygen atoms in total. The second kappa shape index (κ2) is 9.28. The lowest BCUT2D eigenvalue weighted by Gasteiger charge is -2.04. The second-order valence-electron chi connectivity index (χ2n) is 3.78. The van der Waals surface area contributed by atoms with Gasteiger partial charge in [0.1, 0.15) is 0 Å². The van der Waals surface area contributed by atoms with Crippen LogP contribution < -0.4 is 21.5 Å². The van der Waals surface area contributed by atoms with Crippen LogP contribution >= 0.6 is 0 Å². The summed E-state index contributed by atoms with van der Waals surface area (Å²) >= 11 is 0. The van der Waals surface area contributed by atoms with E-state index in [1.807, 2.05) is 0 Å². The Hall–Kier alpha value is -2.70. The number of hydrogen-bond acceptors (Lipinski definition) is 4. The molecule has 1 rings (SSSR count). The molecule has 0 bridgehead atoms. The molecule has 0 saturated carbocycles. The molecule has 0 saturated heterocycles. The lowest BCUT2D eigenvalue weighted by molar-refractivity contribution is -0.116. The molecule has 0 aliphatic heterocycles. The number of carbonyl (C=O) groups is 1. The van der Waals surface area contributed by atoms with E-state index in [0.29, 0.717) is 5.56 Å². The number of ether oxygens (including phenoxy) is 1. The Kier molecular flexibility index (Phi) is 3.66. The molecule has 0 unspecified atom stereocenters. The van der Waals surface area contributed by atoms with E-state index >= 15 is 0 Å². The van der Waals surface area contributed by atoms with Gasteiger partial charge < -0.3 is 26.6 Å². The number of phenolic OH excluding ortho intramolecular Hbond substituents is 1. The van der Waals surface area contributed by atoms with Crippen LogP contribution in [-0.4, -0.2) is 37.1 Å². The van der Waals surface area contributed by atoms with Gasteiger partial charge in [-0.15, -0.1) is 0 Å². The van der Waals surface area contributed by atoms with Crippen LogP contribution in [0.2, 0.25) is 0 Å². The van der Waals surface area contributed by atoms with Crippen molar-refractivity contribution in [3.63, 3.8) is 0 Å². The number of methoxy groups -OCH3 is 1. The summed E-state index contributed by atoms with van der Waals surface area (Å²) in [5.74, 6) is -2.01. The first-order valence-corrected chi connectivity index (χ1v) is 5.96. The number of guanidine groups is 1. The van der Waals surface area contributed by atoms with Crippen LogP contribution in [0.4, 0.5) is 0 Å². The van der Waals surface area contributed by atoms with Gasteiger partial charge in [-0.05, 0) is 36.5 Å². The predicted molar refractivity (Wildman–Crippen MR) is 86.6 cm³/mol. The Bertz CT molecular complexity index is 854. The van der Waals surface area contributed by atoms with E-state index in [0.717, 1.165) is 6.08 Å². The monoisotopic (exact) mass is 314 g/mol. The first-order valence-electron chi connectivity index (χ1n) is 9.96. The average Bonchev–Trinajstić information content (AvgIpc) is 2.59. The Morgan fingerprint density at radius 1 is 1.50 bits per heavy atom. The van der Waals surface area contributed by atoms with Crippen LogP contribution in [0.15, 0.2) is 29.3 Å². The summed E-state index contributed by atoms with van der Waals surface area (Å²) in [5.41, 5.74) is 10.5. The van der Waals surface area contributed by atoms with Gasteiger partial charge in [0.2, 0.25) is 5.91 Å². The normalized spacial score (nSPS) is 18.4. The largest absolute Gasteiger partial charge is 0.504 e. The van der Waals surface area contributed by atoms with Gasteiger partial charge >= 0.3 is 0 Å². The van der Waals surface area contributed by atoms with Gasteiger partial charge in [-0.3, -0.25) is 9.79 Å². The number of hydrogen-bond donors (Lipinski definition) is 4. The Morgan fingerprint density at radius 2 is 2.27 bits per heavy atom. The molecule has 0 heterocycles. The van der Waals surface area contributed by atoms with Crippen LogP contribution in [0.1, 0.15) is 29.3 Å². The molecule has 0 aromatic heterocycles. The third kappa shape index (κ3) is 6.65. The van der Waals surface area contributed by atoms with Crippen molar-refractivity contribution in [2.75, 3.05) is 20.1 Å². The van der Waals surface area contributed by atoms with Crippen LogP contribution in [-0.2, 0) is 4.79 Å². The molecule has 0 atom stereocenters. The third-order valence-corrected chi connectivity index (χ3v) is 2.18. The van der Waals surface area contributed by atoms with Crippen molar-refractivity contribution in [1.82, 2.24) is 5.32 Å². The maximum Gasteiger partial charge on any atom is 0.243 e. The zero-order valence-electron chi connectivity index (χ0n) is 19.8. The minimum absolute atomic E-state index is 0.124. The van der Waals surface area contributed by atoms with Gasteiger partial charge in [0.25, 0.3) is 0 Å². The lowest BCUT2D eigenvalue weighted by Crippen LogP contribution is -2.24. The van der Waals surface area contributed by atoms with Crippen molar-refractivity contribution >= 4 is 17.9 Å². The Labute approximate surface area is 140 Å². The van der Waals surface area contributed by atoms with Crippen LogP contribution in [0.25, 0.3) is 6.08 Å². The summed E-state index contributed by atoms with van der Waals surface area (Å²) in [5, 5.41) is 11.2. The molecular formula is C15H22N4O3. The van der Waals surface area contributed by atoms with E-state index in [2.05, 4.69) is 4.99 Å². The van der Waals surface area contributed by atoms with Gasteiger partial charge in [-0.1, -0.05) is 6.07 Å². The van der Waals surface area contributed by atoms with Gasteiger partial charge in [0.05, 0.1) is 9.85 Å². The van der Waals surface area contributed by atoms with Crippen molar-refractivity contribution in [1.29, 1.82) is 0 Å².